The van der Waals surface area contributed by atoms with Gasteiger partial charge in [0.15, 0.2) is 5.96 Å². The van der Waals surface area contributed by atoms with Crippen LogP contribution in [0.25, 0.3) is 10.8 Å². The number of benzene rings is 2. The number of hydrogen-bond acceptors (Lipinski definition) is 7. The predicted octanol–water partition coefficient (Wildman–Crippen LogP) is 1.11. The lowest BCUT2D eigenvalue weighted by molar-refractivity contribution is -0.146. The van der Waals surface area contributed by atoms with Gasteiger partial charge in [0.25, 0.3) is 0 Å². The van der Waals surface area contributed by atoms with E-state index in [1.165, 1.54) is 18.3 Å². The van der Waals surface area contributed by atoms with Crippen molar-refractivity contribution in [3.63, 3.8) is 0 Å². The van der Waals surface area contributed by atoms with Crippen LogP contribution in [-0.2, 0) is 31.0 Å². The summed E-state index contributed by atoms with van der Waals surface area (Å²) < 4.78 is 29.4. The molecule has 43 heavy (non-hydrogen) atoms. The summed E-state index contributed by atoms with van der Waals surface area (Å²) in [4.78, 5) is 45.2. The Balaban J connectivity index is 1.56. The molecular weight excluding hydrogens is 574 g/mol. The second kappa shape index (κ2) is 14.1. The lowest BCUT2D eigenvalue weighted by Crippen LogP contribution is -2.52. The number of nitrogens with one attached hydrogen (secondary N) is 3. The second-order valence-corrected chi connectivity index (χ2v) is 12.2. The van der Waals surface area contributed by atoms with Crippen LogP contribution in [0.2, 0.25) is 0 Å². The number of pyridine rings is 1. The molecule has 0 unspecified atom stereocenters. The molecule has 2 aromatic carbocycles. The highest BCUT2D eigenvalue weighted by molar-refractivity contribution is 7.89. The van der Waals surface area contributed by atoms with Gasteiger partial charge in [0, 0.05) is 25.8 Å². The van der Waals surface area contributed by atoms with Gasteiger partial charge in [0.2, 0.25) is 21.8 Å². The quantitative estimate of drug-likeness (QED) is 0.147. The number of sulfonamides is 1. The zero-order chi connectivity index (χ0) is 31.0. The number of rotatable bonds is 12. The van der Waals surface area contributed by atoms with Crippen molar-refractivity contribution in [3.05, 3.63) is 72.6 Å². The first-order valence-corrected chi connectivity index (χ1v) is 15.3. The van der Waals surface area contributed by atoms with Crippen molar-refractivity contribution in [2.24, 2.45) is 11.7 Å². The van der Waals surface area contributed by atoms with Crippen LogP contribution in [-0.4, -0.2) is 84.3 Å². The molecule has 0 radical (unpaired) electrons. The SMILES string of the molecule is N=C(N)N1CCC[C@@H](CNC(=O)C[C@H](NS(=O)(=O)c2ccc3ccccc3c2)C(=O)N(CC(=O)O)Cc2ccccn2)C1. The molecule has 0 saturated carbocycles. The number of aliphatic carboxylic acids is 1. The van der Waals surface area contributed by atoms with Crippen LogP contribution in [0.1, 0.15) is 25.0 Å². The maximum atomic E-state index is 13.7. The molecule has 1 saturated heterocycles. The van der Waals surface area contributed by atoms with Crippen molar-refractivity contribution in [2.45, 2.75) is 36.7 Å². The number of fused-ring (bicyclic) bond motifs is 1. The lowest BCUT2D eigenvalue weighted by Gasteiger charge is -2.33. The highest BCUT2D eigenvalue weighted by atomic mass is 32.2. The van der Waals surface area contributed by atoms with E-state index in [2.05, 4.69) is 15.0 Å². The normalized spacial score (nSPS) is 15.9. The van der Waals surface area contributed by atoms with Gasteiger partial charge in [-0.2, -0.15) is 4.72 Å². The molecule has 3 aromatic rings. The molecule has 1 aromatic heterocycles. The summed E-state index contributed by atoms with van der Waals surface area (Å²) in [7, 11) is -4.31. The van der Waals surface area contributed by atoms with E-state index < -0.39 is 46.8 Å². The van der Waals surface area contributed by atoms with E-state index in [9.17, 15) is 27.9 Å². The number of carboxylic acids is 1. The van der Waals surface area contributed by atoms with Gasteiger partial charge in [-0.15, -0.1) is 0 Å². The Bertz CT molecular complexity index is 1580. The van der Waals surface area contributed by atoms with Gasteiger partial charge in [0.1, 0.15) is 12.6 Å². The molecule has 4 rings (SSSR count). The van der Waals surface area contributed by atoms with E-state index in [1.807, 2.05) is 12.1 Å². The van der Waals surface area contributed by atoms with Crippen molar-refractivity contribution < 1.29 is 27.9 Å². The molecule has 1 aliphatic rings. The first kappa shape index (κ1) is 31.4. The zero-order valence-corrected chi connectivity index (χ0v) is 24.3. The number of likely N-dealkylation sites (tertiary alicyclic amines) is 1. The summed E-state index contributed by atoms with van der Waals surface area (Å²) in [5, 5.41) is 21.4. The minimum absolute atomic E-state index is 0.0118. The summed E-state index contributed by atoms with van der Waals surface area (Å²) in [6.07, 6.45) is 2.53. The number of carbonyl (C=O) groups excluding carboxylic acids is 2. The molecule has 0 spiro atoms. The number of amides is 2. The second-order valence-electron chi connectivity index (χ2n) is 10.4. The monoisotopic (exact) mass is 609 g/mol. The fraction of sp³-hybridized carbons (Fsp3) is 0.345. The predicted molar refractivity (Wildman–Crippen MR) is 159 cm³/mol. The van der Waals surface area contributed by atoms with E-state index in [4.69, 9.17) is 11.1 Å². The Kier molecular flexibility index (Phi) is 10.3. The van der Waals surface area contributed by atoms with Crippen molar-refractivity contribution in [1.82, 2.24) is 24.8 Å². The molecule has 13 nitrogen and oxygen atoms in total. The van der Waals surface area contributed by atoms with Gasteiger partial charge in [-0.1, -0.05) is 36.4 Å². The molecule has 0 bridgehead atoms. The molecule has 228 valence electrons. The van der Waals surface area contributed by atoms with Crippen LogP contribution in [0, 0.1) is 11.3 Å². The van der Waals surface area contributed by atoms with Gasteiger partial charge in [0.05, 0.1) is 23.6 Å². The maximum Gasteiger partial charge on any atom is 0.323 e. The maximum absolute atomic E-state index is 13.7. The van der Waals surface area contributed by atoms with Gasteiger partial charge in [-0.25, -0.2) is 8.42 Å². The molecule has 2 heterocycles. The number of nitrogens with two attached hydrogens (primary N) is 1. The fourth-order valence-electron chi connectivity index (χ4n) is 5.02. The number of carboxylic acid groups (broad SMARTS) is 1. The Morgan fingerprint density at radius 2 is 1.86 bits per heavy atom. The minimum Gasteiger partial charge on any atom is -0.480 e. The summed E-state index contributed by atoms with van der Waals surface area (Å²) in [6, 6.07) is 15.0. The topological polar surface area (TPSA) is 199 Å². The lowest BCUT2D eigenvalue weighted by atomic mass is 9.98. The van der Waals surface area contributed by atoms with Crippen LogP contribution in [0.4, 0.5) is 0 Å². The first-order valence-electron chi connectivity index (χ1n) is 13.8. The summed E-state index contributed by atoms with van der Waals surface area (Å²) in [6.45, 7) is 0.457. The van der Waals surface area contributed by atoms with E-state index in [-0.39, 0.29) is 29.9 Å². The molecule has 6 N–H and O–H groups in total. The standard InChI is InChI=1S/C29H35N7O6S/c30-29(31)35-13-5-6-20(17-35)16-33-26(37)15-25(28(40)36(19-27(38)39)18-23-9-3-4-12-32-23)34-43(41,42)24-11-10-21-7-1-2-8-22(21)14-24/h1-4,7-12,14,20,25,34H,5-6,13,15-19H2,(H3,30,31)(H,33,37)(H,38,39)/t20-,25-/m0/s1. The Morgan fingerprint density at radius 3 is 2.56 bits per heavy atom. The van der Waals surface area contributed by atoms with Crippen molar-refractivity contribution in [1.29, 1.82) is 5.41 Å². The zero-order valence-electron chi connectivity index (χ0n) is 23.5. The van der Waals surface area contributed by atoms with Gasteiger partial charge in [-0.05, 0) is 53.8 Å². The van der Waals surface area contributed by atoms with Gasteiger partial charge in [-0.3, -0.25) is 24.8 Å². The largest absolute Gasteiger partial charge is 0.480 e. The Hall–Kier alpha value is -4.56. The molecular formula is C29H35N7O6S. The van der Waals surface area contributed by atoms with Crippen LogP contribution in [0.5, 0.6) is 0 Å². The number of nitrogens with zero attached hydrogens (tertiary/aromatic N) is 3. The van der Waals surface area contributed by atoms with Crippen LogP contribution < -0.4 is 15.8 Å². The van der Waals surface area contributed by atoms with E-state index in [0.717, 1.165) is 23.1 Å². The molecule has 0 aliphatic carbocycles. The highest BCUT2D eigenvalue weighted by Gasteiger charge is 2.33. The minimum atomic E-state index is -4.31. The van der Waals surface area contributed by atoms with Crippen molar-refractivity contribution in [3.8, 4) is 0 Å². The van der Waals surface area contributed by atoms with E-state index in [1.54, 1.807) is 41.3 Å². The number of hydrogen-bond donors (Lipinski definition) is 5. The van der Waals surface area contributed by atoms with Crippen molar-refractivity contribution in [2.75, 3.05) is 26.2 Å². The van der Waals surface area contributed by atoms with Gasteiger partial charge < -0.3 is 26.0 Å². The van der Waals surface area contributed by atoms with Gasteiger partial charge >= 0.3 is 5.97 Å². The molecule has 2 amide bonds. The number of piperidine rings is 1. The van der Waals surface area contributed by atoms with Crippen LogP contribution in [0.3, 0.4) is 0 Å². The van der Waals surface area contributed by atoms with Crippen LogP contribution >= 0.6 is 0 Å². The molecule has 2 atom stereocenters. The first-order chi connectivity index (χ1) is 20.5. The third-order valence-electron chi connectivity index (χ3n) is 7.18. The highest BCUT2D eigenvalue weighted by Crippen LogP contribution is 2.20. The summed E-state index contributed by atoms with van der Waals surface area (Å²) in [5.41, 5.74) is 6.00. The van der Waals surface area contributed by atoms with Crippen molar-refractivity contribution >= 4 is 44.5 Å². The number of carbonyl (C=O) groups is 3. The Morgan fingerprint density at radius 1 is 1.12 bits per heavy atom. The number of guanidine groups is 1. The Labute approximate surface area is 249 Å². The number of aromatic nitrogens is 1. The summed E-state index contributed by atoms with van der Waals surface area (Å²) in [5.74, 6) is -2.81. The van der Waals surface area contributed by atoms with E-state index >= 15 is 0 Å². The fourth-order valence-corrected chi connectivity index (χ4v) is 6.24. The third kappa shape index (κ3) is 8.72. The smallest absolute Gasteiger partial charge is 0.323 e. The average molecular weight is 610 g/mol. The van der Waals surface area contributed by atoms with E-state index in [0.29, 0.717) is 24.2 Å². The molecule has 1 fully saturated rings. The average Bonchev–Trinajstić information content (AvgIpc) is 2.99. The third-order valence-corrected chi connectivity index (χ3v) is 8.65. The summed E-state index contributed by atoms with van der Waals surface area (Å²) >= 11 is 0. The molecule has 1 aliphatic heterocycles. The van der Waals surface area contributed by atoms with Crippen LogP contribution in [0.15, 0.2) is 71.8 Å². The molecule has 14 heteroatoms.